The van der Waals surface area contributed by atoms with Gasteiger partial charge in [-0.1, -0.05) is 13.8 Å². The topological polar surface area (TPSA) is 15.3 Å². The van der Waals surface area contributed by atoms with Crippen LogP contribution in [0.3, 0.4) is 0 Å². The fourth-order valence-corrected chi connectivity index (χ4v) is 5.43. The molecule has 4 rings (SSSR count). The van der Waals surface area contributed by atoms with Crippen LogP contribution in [0.1, 0.15) is 39.5 Å². The molecule has 0 spiro atoms. The van der Waals surface area contributed by atoms with Crippen LogP contribution in [0.4, 0.5) is 0 Å². The average molecular weight is 234 g/mol. The van der Waals surface area contributed by atoms with Gasteiger partial charge in [-0.25, -0.2) is 0 Å². The summed E-state index contributed by atoms with van der Waals surface area (Å²) >= 11 is 0. The van der Waals surface area contributed by atoms with Gasteiger partial charge >= 0.3 is 0 Å². The van der Waals surface area contributed by atoms with E-state index in [0.717, 1.165) is 35.8 Å². The number of hydrogen-bond acceptors (Lipinski definition) is 2. The minimum absolute atomic E-state index is 0.648. The maximum absolute atomic E-state index is 3.72. The lowest BCUT2D eigenvalue weighted by molar-refractivity contribution is 0.259. The standard InChI is InChI=1S/C15H26N2/c1-9(2)16-12-5-6-17(8-12)15-13-10-3-4-11(7-10)14(13)15/h9-16H,3-8H2,1-2H3. The van der Waals surface area contributed by atoms with Gasteiger partial charge in [0.1, 0.15) is 0 Å². The molecule has 4 aliphatic rings. The largest absolute Gasteiger partial charge is 0.310 e. The van der Waals surface area contributed by atoms with Crippen LogP contribution in [-0.4, -0.2) is 36.1 Å². The molecular formula is C15H26N2. The second-order valence-electron chi connectivity index (χ2n) is 7.28. The first-order valence-electron chi connectivity index (χ1n) is 7.74. The lowest BCUT2D eigenvalue weighted by Gasteiger charge is -2.21. The monoisotopic (exact) mass is 234 g/mol. The molecule has 1 N–H and O–H groups in total. The molecule has 5 unspecified atom stereocenters. The van der Waals surface area contributed by atoms with Crippen molar-refractivity contribution in [1.29, 1.82) is 0 Å². The zero-order chi connectivity index (χ0) is 11.6. The number of rotatable bonds is 3. The highest BCUT2D eigenvalue weighted by atomic mass is 15.3. The zero-order valence-electron chi connectivity index (χ0n) is 11.2. The first-order chi connectivity index (χ1) is 8.24. The molecule has 1 saturated heterocycles. The van der Waals surface area contributed by atoms with Crippen molar-refractivity contribution in [3.05, 3.63) is 0 Å². The first kappa shape index (κ1) is 10.8. The molecule has 0 aromatic heterocycles. The summed E-state index contributed by atoms with van der Waals surface area (Å²) in [4.78, 5) is 2.83. The van der Waals surface area contributed by atoms with Gasteiger partial charge in [-0.15, -0.1) is 0 Å². The van der Waals surface area contributed by atoms with Crippen LogP contribution in [0.25, 0.3) is 0 Å². The SMILES string of the molecule is CC(C)NC1CCN(C2C3C4CCC(C4)C32)C1. The van der Waals surface area contributed by atoms with E-state index < -0.39 is 0 Å². The van der Waals surface area contributed by atoms with Gasteiger partial charge in [-0.2, -0.15) is 0 Å². The van der Waals surface area contributed by atoms with Crippen molar-refractivity contribution in [3.8, 4) is 0 Å². The second kappa shape index (κ2) is 3.71. The van der Waals surface area contributed by atoms with E-state index in [4.69, 9.17) is 0 Å². The second-order valence-corrected chi connectivity index (χ2v) is 7.28. The van der Waals surface area contributed by atoms with Crippen molar-refractivity contribution in [1.82, 2.24) is 10.2 Å². The molecule has 17 heavy (non-hydrogen) atoms. The molecule has 3 aliphatic carbocycles. The summed E-state index contributed by atoms with van der Waals surface area (Å²) in [6.07, 6.45) is 6.09. The van der Waals surface area contributed by atoms with E-state index in [1.807, 2.05) is 0 Å². The maximum atomic E-state index is 3.72. The van der Waals surface area contributed by atoms with E-state index in [1.54, 1.807) is 19.3 Å². The molecular weight excluding hydrogens is 208 g/mol. The van der Waals surface area contributed by atoms with Crippen LogP contribution < -0.4 is 5.32 Å². The summed E-state index contributed by atoms with van der Waals surface area (Å²) in [6, 6.07) is 2.43. The van der Waals surface area contributed by atoms with E-state index in [9.17, 15) is 0 Å². The van der Waals surface area contributed by atoms with Gasteiger partial charge in [0.15, 0.2) is 0 Å². The predicted molar refractivity (Wildman–Crippen MR) is 69.8 cm³/mol. The summed E-state index contributed by atoms with van der Waals surface area (Å²) in [7, 11) is 0. The highest BCUT2D eigenvalue weighted by Gasteiger charge is 2.66. The Labute approximate surface area is 105 Å². The van der Waals surface area contributed by atoms with Crippen molar-refractivity contribution in [2.45, 2.75) is 57.7 Å². The van der Waals surface area contributed by atoms with Crippen LogP contribution in [0.5, 0.6) is 0 Å². The van der Waals surface area contributed by atoms with Gasteiger partial charge in [0.25, 0.3) is 0 Å². The Bertz CT molecular complexity index is 298. The number of nitrogens with zero attached hydrogens (tertiary/aromatic N) is 1. The number of fused-ring (bicyclic) bond motifs is 5. The highest BCUT2D eigenvalue weighted by molar-refractivity contribution is 5.18. The summed E-state index contributed by atoms with van der Waals surface area (Å²) in [5.74, 6) is 4.53. The molecule has 3 saturated carbocycles. The van der Waals surface area contributed by atoms with Crippen LogP contribution >= 0.6 is 0 Å². The molecule has 2 nitrogen and oxygen atoms in total. The van der Waals surface area contributed by atoms with Gasteiger partial charge in [-0.3, -0.25) is 4.90 Å². The summed E-state index contributed by atoms with van der Waals surface area (Å²) < 4.78 is 0. The van der Waals surface area contributed by atoms with E-state index in [1.165, 1.54) is 19.5 Å². The molecule has 0 aromatic rings. The number of hydrogen-bond donors (Lipinski definition) is 1. The number of likely N-dealkylation sites (tertiary alicyclic amines) is 1. The quantitative estimate of drug-likeness (QED) is 0.804. The normalized spacial score (nSPS) is 52.4. The minimum Gasteiger partial charge on any atom is -0.310 e. The predicted octanol–water partition coefficient (Wildman–Crippen LogP) is 2.10. The molecule has 96 valence electrons. The third-order valence-corrected chi connectivity index (χ3v) is 5.91. The van der Waals surface area contributed by atoms with Crippen molar-refractivity contribution in [2.24, 2.45) is 23.7 Å². The van der Waals surface area contributed by atoms with Crippen molar-refractivity contribution in [3.63, 3.8) is 0 Å². The Kier molecular flexibility index (Phi) is 2.36. The van der Waals surface area contributed by atoms with Crippen LogP contribution in [0.15, 0.2) is 0 Å². The van der Waals surface area contributed by atoms with E-state index >= 15 is 0 Å². The smallest absolute Gasteiger partial charge is 0.0209 e. The molecule has 1 heterocycles. The Hall–Kier alpha value is -0.0800. The van der Waals surface area contributed by atoms with Crippen molar-refractivity contribution >= 4 is 0 Å². The minimum atomic E-state index is 0.648. The molecule has 2 heteroatoms. The lowest BCUT2D eigenvalue weighted by atomic mass is 10.0. The van der Waals surface area contributed by atoms with E-state index in [2.05, 4.69) is 24.1 Å². The number of nitrogens with one attached hydrogen (secondary N) is 1. The van der Waals surface area contributed by atoms with Gasteiger partial charge in [0.2, 0.25) is 0 Å². The van der Waals surface area contributed by atoms with Gasteiger partial charge in [0.05, 0.1) is 0 Å². The molecule has 0 amide bonds. The van der Waals surface area contributed by atoms with Crippen LogP contribution in [0.2, 0.25) is 0 Å². The Balaban J connectivity index is 1.37. The van der Waals surface area contributed by atoms with Gasteiger partial charge in [-0.05, 0) is 49.4 Å². The van der Waals surface area contributed by atoms with Crippen LogP contribution in [-0.2, 0) is 0 Å². The van der Waals surface area contributed by atoms with Crippen molar-refractivity contribution in [2.75, 3.05) is 13.1 Å². The van der Waals surface area contributed by atoms with Crippen molar-refractivity contribution < 1.29 is 0 Å². The molecule has 0 aromatic carbocycles. The third kappa shape index (κ3) is 1.60. The van der Waals surface area contributed by atoms with E-state index in [0.29, 0.717) is 6.04 Å². The summed E-state index contributed by atoms with van der Waals surface area (Å²) in [6.45, 7) is 7.24. The van der Waals surface area contributed by atoms with Gasteiger partial charge < -0.3 is 5.32 Å². The molecule has 0 radical (unpaired) electrons. The Morgan fingerprint density at radius 1 is 1.06 bits per heavy atom. The summed E-state index contributed by atoms with van der Waals surface area (Å²) in [5.41, 5.74) is 0. The van der Waals surface area contributed by atoms with E-state index in [-0.39, 0.29) is 0 Å². The fraction of sp³-hybridized carbons (Fsp3) is 1.00. The molecule has 5 atom stereocenters. The van der Waals surface area contributed by atoms with Gasteiger partial charge in [0, 0.05) is 31.2 Å². The van der Waals surface area contributed by atoms with Crippen LogP contribution in [0, 0.1) is 23.7 Å². The first-order valence-corrected chi connectivity index (χ1v) is 7.74. The molecule has 2 bridgehead atoms. The average Bonchev–Trinajstić information content (AvgIpc) is 2.71. The summed E-state index contributed by atoms with van der Waals surface area (Å²) in [5, 5.41) is 3.72. The molecule has 1 aliphatic heterocycles. The highest BCUT2D eigenvalue weighted by Crippen LogP contribution is 2.67. The Morgan fingerprint density at radius 3 is 2.41 bits per heavy atom. The zero-order valence-corrected chi connectivity index (χ0v) is 11.2. The Morgan fingerprint density at radius 2 is 1.76 bits per heavy atom. The fourth-order valence-electron chi connectivity index (χ4n) is 5.43. The lowest BCUT2D eigenvalue weighted by Crippen LogP contribution is -2.38. The third-order valence-electron chi connectivity index (χ3n) is 5.91. The maximum Gasteiger partial charge on any atom is 0.0209 e. The molecule has 4 fully saturated rings.